The SMILES string of the molecule is O=C(Cn1nnc(-c2ccc(F)cc2)n1)N[C@H](c1ccc(F)cc1)c1cccs1. The van der Waals surface area contributed by atoms with E-state index in [0.717, 1.165) is 10.4 Å². The molecule has 0 saturated heterocycles. The fraction of sp³-hybridized carbons (Fsp3) is 0.100. The summed E-state index contributed by atoms with van der Waals surface area (Å²) in [7, 11) is 0. The van der Waals surface area contributed by atoms with Gasteiger partial charge in [0.15, 0.2) is 0 Å². The van der Waals surface area contributed by atoms with Crippen LogP contribution in [0.3, 0.4) is 0 Å². The molecule has 0 bridgehead atoms. The maximum Gasteiger partial charge on any atom is 0.244 e. The predicted octanol–water partition coefficient (Wildman–Crippen LogP) is 3.59. The van der Waals surface area contributed by atoms with E-state index in [1.54, 1.807) is 12.1 Å². The van der Waals surface area contributed by atoms with Crippen molar-refractivity contribution in [3.63, 3.8) is 0 Å². The van der Waals surface area contributed by atoms with Gasteiger partial charge in [0.1, 0.15) is 18.2 Å². The molecule has 1 atom stereocenters. The topological polar surface area (TPSA) is 72.7 Å². The highest BCUT2D eigenvalue weighted by Gasteiger charge is 2.19. The third kappa shape index (κ3) is 4.52. The molecule has 2 heterocycles. The quantitative estimate of drug-likeness (QED) is 0.526. The van der Waals surface area contributed by atoms with Crippen LogP contribution in [0, 0.1) is 11.6 Å². The molecule has 9 heteroatoms. The van der Waals surface area contributed by atoms with Crippen LogP contribution in [0.15, 0.2) is 66.0 Å². The van der Waals surface area contributed by atoms with Gasteiger partial charge in [-0.05, 0) is 58.6 Å². The summed E-state index contributed by atoms with van der Waals surface area (Å²) in [6.07, 6.45) is 0. The number of nitrogens with one attached hydrogen (secondary N) is 1. The van der Waals surface area contributed by atoms with Crippen molar-refractivity contribution in [1.82, 2.24) is 25.5 Å². The molecule has 6 nitrogen and oxygen atoms in total. The molecular formula is C20H15F2N5OS. The maximum absolute atomic E-state index is 13.3. The van der Waals surface area contributed by atoms with Crippen molar-refractivity contribution in [2.45, 2.75) is 12.6 Å². The summed E-state index contributed by atoms with van der Waals surface area (Å²) in [5.74, 6) is -0.729. The Kier molecular flexibility index (Phi) is 5.39. The van der Waals surface area contributed by atoms with Crippen LogP contribution in [0.25, 0.3) is 11.4 Å². The number of amides is 1. The van der Waals surface area contributed by atoms with Gasteiger partial charge in [0.25, 0.3) is 0 Å². The number of benzene rings is 2. The molecule has 0 saturated carbocycles. The first-order valence-electron chi connectivity index (χ1n) is 8.70. The van der Waals surface area contributed by atoms with Crippen LogP contribution in [0.2, 0.25) is 0 Å². The minimum absolute atomic E-state index is 0.142. The van der Waals surface area contributed by atoms with Crippen molar-refractivity contribution in [2.75, 3.05) is 0 Å². The second kappa shape index (κ2) is 8.27. The van der Waals surface area contributed by atoms with E-state index in [2.05, 4.69) is 20.7 Å². The standard InChI is InChI=1S/C20H15F2N5OS/c21-15-7-3-13(4-8-15)19(17-2-1-11-29-17)23-18(28)12-27-25-20(24-26-27)14-5-9-16(22)10-6-14/h1-11,19H,12H2,(H,23,28)/t19-/m1/s1. The molecule has 4 aromatic rings. The van der Waals surface area contributed by atoms with Gasteiger partial charge in [-0.2, -0.15) is 4.80 Å². The molecule has 29 heavy (non-hydrogen) atoms. The summed E-state index contributed by atoms with van der Waals surface area (Å²) in [6.45, 7) is -0.142. The van der Waals surface area contributed by atoms with Crippen molar-refractivity contribution >= 4 is 17.2 Å². The number of hydrogen-bond acceptors (Lipinski definition) is 5. The summed E-state index contributed by atoms with van der Waals surface area (Å²) < 4.78 is 26.3. The third-order valence-electron chi connectivity index (χ3n) is 4.18. The average molecular weight is 411 g/mol. The number of hydrogen-bond donors (Lipinski definition) is 1. The molecule has 2 aromatic heterocycles. The summed E-state index contributed by atoms with van der Waals surface area (Å²) in [6, 6.07) is 15.1. The van der Waals surface area contributed by atoms with E-state index in [1.165, 1.54) is 52.5 Å². The van der Waals surface area contributed by atoms with Crippen LogP contribution >= 0.6 is 11.3 Å². The van der Waals surface area contributed by atoms with E-state index in [4.69, 9.17) is 0 Å². The fourth-order valence-corrected chi connectivity index (χ4v) is 3.59. The highest BCUT2D eigenvalue weighted by Crippen LogP contribution is 2.26. The first-order chi connectivity index (χ1) is 14.1. The van der Waals surface area contributed by atoms with Gasteiger partial charge in [-0.25, -0.2) is 8.78 Å². The Balaban J connectivity index is 1.48. The Bertz CT molecular complexity index is 1090. The summed E-state index contributed by atoms with van der Waals surface area (Å²) in [5.41, 5.74) is 1.36. The molecule has 0 aliphatic heterocycles. The Morgan fingerprint density at radius 3 is 2.38 bits per heavy atom. The lowest BCUT2D eigenvalue weighted by molar-refractivity contribution is -0.122. The normalized spacial score (nSPS) is 11.9. The van der Waals surface area contributed by atoms with Crippen molar-refractivity contribution in [3.05, 3.63) is 88.1 Å². The molecule has 1 N–H and O–H groups in total. The van der Waals surface area contributed by atoms with E-state index in [1.807, 2.05) is 17.5 Å². The average Bonchev–Trinajstić information content (AvgIpc) is 3.40. The Morgan fingerprint density at radius 2 is 1.72 bits per heavy atom. The number of carbonyl (C=O) groups is 1. The van der Waals surface area contributed by atoms with E-state index in [-0.39, 0.29) is 24.1 Å². The zero-order valence-electron chi connectivity index (χ0n) is 15.0. The molecule has 0 spiro atoms. The summed E-state index contributed by atoms with van der Waals surface area (Å²) in [4.78, 5) is 14.7. The van der Waals surface area contributed by atoms with Gasteiger partial charge < -0.3 is 5.32 Å². The minimum atomic E-state index is -0.414. The number of rotatable bonds is 6. The number of nitrogens with zero attached hydrogens (tertiary/aromatic N) is 4. The van der Waals surface area contributed by atoms with Crippen LogP contribution in [0.1, 0.15) is 16.5 Å². The molecule has 0 aliphatic rings. The largest absolute Gasteiger partial charge is 0.343 e. The third-order valence-corrected chi connectivity index (χ3v) is 5.11. The van der Waals surface area contributed by atoms with Gasteiger partial charge in [-0.3, -0.25) is 4.79 Å². The highest BCUT2D eigenvalue weighted by molar-refractivity contribution is 7.10. The lowest BCUT2D eigenvalue weighted by atomic mass is 10.1. The molecule has 0 radical (unpaired) electrons. The molecule has 0 fully saturated rings. The van der Waals surface area contributed by atoms with Crippen molar-refractivity contribution in [1.29, 1.82) is 0 Å². The van der Waals surface area contributed by atoms with Gasteiger partial charge in [0.05, 0.1) is 6.04 Å². The van der Waals surface area contributed by atoms with Crippen molar-refractivity contribution in [2.24, 2.45) is 0 Å². The fourth-order valence-electron chi connectivity index (χ4n) is 2.79. The first-order valence-corrected chi connectivity index (χ1v) is 9.58. The zero-order chi connectivity index (χ0) is 20.2. The molecule has 2 aromatic carbocycles. The number of carbonyl (C=O) groups excluding carboxylic acids is 1. The molecule has 0 unspecified atom stereocenters. The number of halogens is 2. The van der Waals surface area contributed by atoms with E-state index in [9.17, 15) is 13.6 Å². The van der Waals surface area contributed by atoms with Crippen molar-refractivity contribution < 1.29 is 13.6 Å². The second-order valence-corrected chi connectivity index (χ2v) is 7.20. The molecular weight excluding hydrogens is 396 g/mol. The number of thiophene rings is 1. The van der Waals surface area contributed by atoms with Crippen LogP contribution in [-0.2, 0) is 11.3 Å². The smallest absolute Gasteiger partial charge is 0.244 e. The minimum Gasteiger partial charge on any atom is -0.343 e. The first kappa shape index (κ1) is 18.9. The lowest BCUT2D eigenvalue weighted by Gasteiger charge is -2.18. The number of tetrazole rings is 1. The molecule has 1 amide bonds. The van der Waals surface area contributed by atoms with E-state index in [0.29, 0.717) is 11.4 Å². The Morgan fingerprint density at radius 1 is 1.03 bits per heavy atom. The van der Waals surface area contributed by atoms with Gasteiger partial charge in [-0.15, -0.1) is 21.5 Å². The van der Waals surface area contributed by atoms with Crippen LogP contribution in [0.5, 0.6) is 0 Å². The Hall–Kier alpha value is -3.46. The van der Waals surface area contributed by atoms with E-state index >= 15 is 0 Å². The van der Waals surface area contributed by atoms with E-state index < -0.39 is 6.04 Å². The monoisotopic (exact) mass is 411 g/mol. The Labute approximate surface area is 168 Å². The molecule has 0 aliphatic carbocycles. The molecule has 146 valence electrons. The molecule has 4 rings (SSSR count). The van der Waals surface area contributed by atoms with Gasteiger partial charge >= 0.3 is 0 Å². The highest BCUT2D eigenvalue weighted by atomic mass is 32.1. The number of aromatic nitrogens is 4. The summed E-state index contributed by atoms with van der Waals surface area (Å²) in [5, 5.41) is 16.8. The van der Waals surface area contributed by atoms with Gasteiger partial charge in [0, 0.05) is 10.4 Å². The summed E-state index contributed by atoms with van der Waals surface area (Å²) >= 11 is 1.49. The van der Waals surface area contributed by atoms with Gasteiger partial charge in [-0.1, -0.05) is 18.2 Å². The van der Waals surface area contributed by atoms with Gasteiger partial charge in [0.2, 0.25) is 11.7 Å². The second-order valence-electron chi connectivity index (χ2n) is 6.22. The van der Waals surface area contributed by atoms with Crippen molar-refractivity contribution in [3.8, 4) is 11.4 Å². The van der Waals surface area contributed by atoms with Crippen LogP contribution < -0.4 is 5.32 Å². The zero-order valence-corrected chi connectivity index (χ0v) is 15.8. The lowest BCUT2D eigenvalue weighted by Crippen LogP contribution is -2.32. The van der Waals surface area contributed by atoms with Crippen LogP contribution in [-0.4, -0.2) is 26.1 Å². The predicted molar refractivity (Wildman–Crippen MR) is 104 cm³/mol. The van der Waals surface area contributed by atoms with Crippen LogP contribution in [0.4, 0.5) is 8.78 Å². The maximum atomic E-state index is 13.3.